The molecule has 0 amide bonds. The highest BCUT2D eigenvalue weighted by molar-refractivity contribution is 7.09. The Hall–Kier alpha value is -0.920. The summed E-state index contributed by atoms with van der Waals surface area (Å²) in [6.07, 6.45) is 1.25. The molecule has 3 nitrogen and oxygen atoms in total. The van der Waals surface area contributed by atoms with Crippen molar-refractivity contribution in [2.45, 2.75) is 32.3 Å². The Labute approximate surface area is 88.4 Å². The lowest BCUT2D eigenvalue weighted by Gasteiger charge is -2.23. The zero-order chi connectivity index (χ0) is 10.6. The molecule has 0 aliphatic heterocycles. The molecule has 0 aromatic carbocycles. The van der Waals surface area contributed by atoms with Crippen LogP contribution in [0.5, 0.6) is 0 Å². The summed E-state index contributed by atoms with van der Waals surface area (Å²) in [5.41, 5.74) is 0.530. The maximum atomic E-state index is 8.53. The van der Waals surface area contributed by atoms with Crippen molar-refractivity contribution in [2.75, 3.05) is 7.11 Å². The lowest BCUT2D eigenvalue weighted by Crippen LogP contribution is -2.22. The van der Waals surface area contributed by atoms with Gasteiger partial charge in [-0.05, 0) is 13.3 Å². The highest BCUT2D eigenvalue weighted by Gasteiger charge is 2.27. The van der Waals surface area contributed by atoms with Crippen LogP contribution in [0.15, 0.2) is 5.38 Å². The summed E-state index contributed by atoms with van der Waals surface area (Å²) in [6.45, 7) is 4.08. The highest BCUT2D eigenvalue weighted by Crippen LogP contribution is 2.30. The Morgan fingerprint density at radius 1 is 1.71 bits per heavy atom. The second-order valence-electron chi connectivity index (χ2n) is 3.27. The number of nitrogens with zero attached hydrogens (tertiary/aromatic N) is 2. The van der Waals surface area contributed by atoms with Gasteiger partial charge >= 0.3 is 0 Å². The molecule has 0 radical (unpaired) electrons. The van der Waals surface area contributed by atoms with Crippen molar-refractivity contribution in [3.05, 3.63) is 16.1 Å². The summed E-state index contributed by atoms with van der Waals surface area (Å²) in [4.78, 5) is 4.38. The molecule has 1 aromatic heterocycles. The number of nitriles is 1. The van der Waals surface area contributed by atoms with Crippen LogP contribution < -0.4 is 0 Å². The second kappa shape index (κ2) is 4.54. The van der Waals surface area contributed by atoms with Gasteiger partial charge in [-0.25, -0.2) is 4.98 Å². The maximum absolute atomic E-state index is 8.53. The molecule has 1 unspecified atom stereocenters. The number of aromatic nitrogens is 1. The standard InChI is InChI=1S/C10H14N2OS/c1-4-10(2,13-3)9-12-8(5-6-11)7-14-9/h7H,4-5H2,1-3H3. The van der Waals surface area contributed by atoms with E-state index in [4.69, 9.17) is 10.00 Å². The predicted molar refractivity (Wildman–Crippen MR) is 56.1 cm³/mol. The van der Waals surface area contributed by atoms with Gasteiger partial charge in [-0.2, -0.15) is 5.26 Å². The Bertz CT molecular complexity index is 336. The minimum absolute atomic E-state index is 0.307. The van der Waals surface area contributed by atoms with E-state index in [2.05, 4.69) is 18.0 Å². The van der Waals surface area contributed by atoms with Crippen LogP contribution in [0, 0.1) is 11.3 Å². The zero-order valence-electron chi connectivity index (χ0n) is 8.70. The molecule has 0 spiro atoms. The van der Waals surface area contributed by atoms with Crippen LogP contribution >= 0.6 is 11.3 Å². The average molecular weight is 210 g/mol. The van der Waals surface area contributed by atoms with Crippen LogP contribution in [0.3, 0.4) is 0 Å². The SMILES string of the molecule is CCC(C)(OC)c1nc(CC#N)cs1. The quantitative estimate of drug-likeness (QED) is 0.767. The van der Waals surface area contributed by atoms with Gasteiger partial charge in [-0.1, -0.05) is 6.92 Å². The minimum Gasteiger partial charge on any atom is -0.371 e. The first kappa shape index (κ1) is 11.2. The van der Waals surface area contributed by atoms with E-state index in [-0.39, 0.29) is 5.60 Å². The van der Waals surface area contributed by atoms with E-state index in [1.54, 1.807) is 18.4 Å². The fourth-order valence-corrected chi connectivity index (χ4v) is 2.13. The van der Waals surface area contributed by atoms with Crippen LogP contribution in [0.2, 0.25) is 0 Å². The fourth-order valence-electron chi connectivity index (χ4n) is 1.09. The first-order valence-corrected chi connectivity index (χ1v) is 5.41. The van der Waals surface area contributed by atoms with Gasteiger partial charge in [0.1, 0.15) is 10.6 Å². The lowest BCUT2D eigenvalue weighted by atomic mass is 10.1. The summed E-state index contributed by atoms with van der Waals surface area (Å²) >= 11 is 1.56. The summed E-state index contributed by atoms with van der Waals surface area (Å²) in [6, 6.07) is 2.09. The Morgan fingerprint density at radius 2 is 2.43 bits per heavy atom. The van der Waals surface area contributed by atoms with Crippen LogP contribution in [0.4, 0.5) is 0 Å². The van der Waals surface area contributed by atoms with E-state index >= 15 is 0 Å². The van der Waals surface area contributed by atoms with Gasteiger partial charge in [0.2, 0.25) is 0 Å². The Kier molecular flexibility index (Phi) is 3.62. The summed E-state index contributed by atoms with van der Waals surface area (Å²) in [7, 11) is 1.69. The van der Waals surface area contributed by atoms with Crippen LogP contribution in [0.25, 0.3) is 0 Å². The minimum atomic E-state index is -0.307. The highest BCUT2D eigenvalue weighted by atomic mass is 32.1. The van der Waals surface area contributed by atoms with E-state index < -0.39 is 0 Å². The molecule has 1 atom stereocenters. The molecule has 0 bridgehead atoms. The molecule has 0 aliphatic carbocycles. The zero-order valence-corrected chi connectivity index (χ0v) is 9.52. The monoisotopic (exact) mass is 210 g/mol. The molecule has 1 aromatic rings. The smallest absolute Gasteiger partial charge is 0.125 e. The third-order valence-corrected chi connectivity index (χ3v) is 3.53. The van der Waals surface area contributed by atoms with Crippen LogP contribution in [0.1, 0.15) is 31.0 Å². The largest absolute Gasteiger partial charge is 0.371 e. The first-order valence-electron chi connectivity index (χ1n) is 4.53. The number of hydrogen-bond donors (Lipinski definition) is 0. The molecule has 4 heteroatoms. The lowest BCUT2D eigenvalue weighted by molar-refractivity contribution is -0.00165. The van der Waals surface area contributed by atoms with Crippen LogP contribution in [-0.4, -0.2) is 12.1 Å². The summed E-state index contributed by atoms with van der Waals surface area (Å²) < 4.78 is 5.43. The van der Waals surface area contributed by atoms with Crippen molar-refractivity contribution in [3.8, 4) is 6.07 Å². The van der Waals surface area contributed by atoms with Gasteiger partial charge in [0.15, 0.2) is 0 Å². The molecule has 0 saturated carbocycles. The van der Waals surface area contributed by atoms with E-state index in [1.165, 1.54) is 0 Å². The van der Waals surface area contributed by atoms with Gasteiger partial charge in [-0.15, -0.1) is 11.3 Å². The molecular formula is C10H14N2OS. The molecule has 0 saturated heterocycles. The third kappa shape index (κ3) is 2.11. The average Bonchev–Trinajstić information content (AvgIpc) is 2.66. The van der Waals surface area contributed by atoms with Crippen molar-refractivity contribution < 1.29 is 4.74 Å². The van der Waals surface area contributed by atoms with Gasteiger partial charge < -0.3 is 4.74 Å². The number of methoxy groups -OCH3 is 1. The van der Waals surface area contributed by atoms with Gasteiger partial charge in [0.25, 0.3) is 0 Å². The topological polar surface area (TPSA) is 45.9 Å². The molecule has 0 aliphatic rings. The molecular weight excluding hydrogens is 196 g/mol. The Morgan fingerprint density at radius 3 is 2.93 bits per heavy atom. The van der Waals surface area contributed by atoms with E-state index in [9.17, 15) is 0 Å². The van der Waals surface area contributed by atoms with Crippen molar-refractivity contribution in [1.29, 1.82) is 5.26 Å². The number of hydrogen-bond acceptors (Lipinski definition) is 4. The molecule has 76 valence electrons. The van der Waals surface area contributed by atoms with Gasteiger partial charge in [0.05, 0.1) is 18.2 Å². The van der Waals surface area contributed by atoms with Gasteiger partial charge in [-0.3, -0.25) is 0 Å². The molecule has 0 fully saturated rings. The van der Waals surface area contributed by atoms with Crippen molar-refractivity contribution in [1.82, 2.24) is 4.98 Å². The number of ether oxygens (including phenoxy) is 1. The maximum Gasteiger partial charge on any atom is 0.125 e. The van der Waals surface area contributed by atoms with E-state index in [1.807, 2.05) is 12.3 Å². The molecule has 0 N–H and O–H groups in total. The first-order chi connectivity index (χ1) is 6.66. The van der Waals surface area contributed by atoms with Crippen LogP contribution in [-0.2, 0) is 16.8 Å². The van der Waals surface area contributed by atoms with E-state index in [0.29, 0.717) is 6.42 Å². The molecule has 14 heavy (non-hydrogen) atoms. The van der Waals surface area contributed by atoms with Gasteiger partial charge in [0, 0.05) is 12.5 Å². The van der Waals surface area contributed by atoms with Crippen molar-refractivity contribution in [3.63, 3.8) is 0 Å². The van der Waals surface area contributed by atoms with Crippen molar-refractivity contribution >= 4 is 11.3 Å². The number of thiazole rings is 1. The normalized spacial score (nSPS) is 14.7. The number of rotatable bonds is 4. The second-order valence-corrected chi connectivity index (χ2v) is 4.13. The summed E-state index contributed by atoms with van der Waals surface area (Å²) in [5, 5.41) is 11.4. The Balaban J connectivity index is 2.90. The predicted octanol–water partition coefficient (Wildman–Crippen LogP) is 2.48. The summed E-state index contributed by atoms with van der Waals surface area (Å²) in [5.74, 6) is 0. The fraction of sp³-hybridized carbons (Fsp3) is 0.600. The molecule has 1 heterocycles. The molecule has 1 rings (SSSR count). The van der Waals surface area contributed by atoms with E-state index in [0.717, 1.165) is 17.1 Å². The third-order valence-electron chi connectivity index (χ3n) is 2.39. The van der Waals surface area contributed by atoms with Crippen molar-refractivity contribution in [2.24, 2.45) is 0 Å².